The van der Waals surface area contributed by atoms with Crippen molar-refractivity contribution in [3.63, 3.8) is 0 Å². The molecule has 0 atom stereocenters. The van der Waals surface area contributed by atoms with Crippen LogP contribution in [0.3, 0.4) is 0 Å². The Labute approximate surface area is 97.9 Å². The Morgan fingerprint density at radius 2 is 2.31 bits per heavy atom. The average molecular weight is 238 g/mol. The van der Waals surface area contributed by atoms with Gasteiger partial charge in [-0.3, -0.25) is 0 Å². The Hall–Kier alpha value is -1.27. The van der Waals surface area contributed by atoms with Crippen molar-refractivity contribution >= 4 is 11.3 Å². The summed E-state index contributed by atoms with van der Waals surface area (Å²) in [6, 6.07) is 0. The van der Waals surface area contributed by atoms with Gasteiger partial charge >= 0.3 is 0 Å². The van der Waals surface area contributed by atoms with Crippen LogP contribution in [0.15, 0.2) is 10.0 Å². The first-order chi connectivity index (χ1) is 7.75. The molecule has 0 radical (unpaired) electrons. The average Bonchev–Trinajstić information content (AvgIpc) is 2.83. The van der Waals surface area contributed by atoms with E-state index in [9.17, 15) is 0 Å². The molecule has 1 N–H and O–H groups in total. The molecule has 0 aliphatic rings. The zero-order valence-electron chi connectivity index (χ0n) is 9.36. The van der Waals surface area contributed by atoms with Crippen LogP contribution in [-0.2, 0) is 13.0 Å². The summed E-state index contributed by atoms with van der Waals surface area (Å²) < 4.78 is 5.01. The largest absolute Gasteiger partial charge is 0.339 e. The van der Waals surface area contributed by atoms with E-state index in [4.69, 9.17) is 4.52 Å². The van der Waals surface area contributed by atoms with E-state index in [1.54, 1.807) is 11.3 Å². The van der Waals surface area contributed by atoms with Gasteiger partial charge in [0.1, 0.15) is 0 Å². The molecule has 0 bridgehead atoms. The molecule has 2 aromatic heterocycles. The molecule has 16 heavy (non-hydrogen) atoms. The van der Waals surface area contributed by atoms with Crippen molar-refractivity contribution < 1.29 is 4.52 Å². The molecular formula is C10H14N4OS. The second-order valence-corrected chi connectivity index (χ2v) is 4.46. The fraction of sp³-hybridized carbons (Fsp3) is 0.500. The molecule has 0 fully saturated rings. The molecule has 2 heterocycles. The molecule has 0 aromatic carbocycles. The van der Waals surface area contributed by atoms with E-state index in [1.165, 1.54) is 4.88 Å². The summed E-state index contributed by atoms with van der Waals surface area (Å²) in [5, 5.41) is 7.07. The zero-order valence-corrected chi connectivity index (χ0v) is 10.2. The van der Waals surface area contributed by atoms with Crippen molar-refractivity contribution in [2.24, 2.45) is 0 Å². The molecule has 86 valence electrons. The van der Waals surface area contributed by atoms with Crippen molar-refractivity contribution in [1.29, 1.82) is 0 Å². The van der Waals surface area contributed by atoms with Crippen molar-refractivity contribution in [3.05, 3.63) is 27.8 Å². The first kappa shape index (κ1) is 11.2. The second-order valence-electron chi connectivity index (χ2n) is 3.52. The summed E-state index contributed by atoms with van der Waals surface area (Å²) in [6.45, 7) is 5.53. The quantitative estimate of drug-likeness (QED) is 0.799. The van der Waals surface area contributed by atoms with Crippen LogP contribution in [0.4, 0.5) is 0 Å². The van der Waals surface area contributed by atoms with Crippen LogP contribution >= 0.6 is 11.3 Å². The highest BCUT2D eigenvalue weighted by atomic mass is 32.1. The van der Waals surface area contributed by atoms with Crippen LogP contribution in [0.25, 0.3) is 0 Å². The Bertz CT molecular complexity index is 451. The van der Waals surface area contributed by atoms with Crippen LogP contribution in [0.1, 0.15) is 22.3 Å². The number of aromatic nitrogens is 3. The molecule has 0 amide bonds. The predicted molar refractivity (Wildman–Crippen MR) is 61.3 cm³/mol. The number of thiazole rings is 1. The van der Waals surface area contributed by atoms with Crippen molar-refractivity contribution in [3.8, 4) is 0 Å². The smallest absolute Gasteiger partial charge is 0.227 e. The third kappa shape index (κ3) is 2.86. The van der Waals surface area contributed by atoms with Gasteiger partial charge in [0.2, 0.25) is 5.89 Å². The maximum absolute atomic E-state index is 5.01. The fourth-order valence-corrected chi connectivity index (χ4v) is 2.08. The number of aryl methyl sites for hydroxylation is 2. The van der Waals surface area contributed by atoms with Gasteiger partial charge in [-0.05, 0) is 13.8 Å². The van der Waals surface area contributed by atoms with Gasteiger partial charge in [0, 0.05) is 24.4 Å². The molecule has 0 saturated heterocycles. The van der Waals surface area contributed by atoms with Crippen molar-refractivity contribution in [2.45, 2.75) is 26.8 Å². The third-order valence-corrected chi connectivity index (χ3v) is 3.15. The Kier molecular flexibility index (Phi) is 3.63. The van der Waals surface area contributed by atoms with E-state index in [1.807, 2.05) is 19.4 Å². The van der Waals surface area contributed by atoms with E-state index in [0.717, 1.165) is 25.2 Å². The number of nitrogens with zero attached hydrogens (tertiary/aromatic N) is 3. The predicted octanol–water partition coefficient (Wildman–Crippen LogP) is 1.48. The fourth-order valence-electron chi connectivity index (χ4n) is 1.33. The lowest BCUT2D eigenvalue weighted by atomic mass is 10.3. The molecule has 5 nitrogen and oxygen atoms in total. The summed E-state index contributed by atoms with van der Waals surface area (Å²) in [6.07, 6.45) is 0.763. The Morgan fingerprint density at radius 3 is 2.94 bits per heavy atom. The summed E-state index contributed by atoms with van der Waals surface area (Å²) in [5.41, 5.74) is 2.97. The molecule has 2 aromatic rings. The maximum atomic E-state index is 5.01. The van der Waals surface area contributed by atoms with Crippen LogP contribution in [-0.4, -0.2) is 21.7 Å². The molecule has 0 saturated carbocycles. The number of hydrogen-bond acceptors (Lipinski definition) is 6. The summed E-state index contributed by atoms with van der Waals surface area (Å²) >= 11 is 1.67. The lowest BCUT2D eigenvalue weighted by molar-refractivity contribution is 0.372. The number of hydrogen-bond donors (Lipinski definition) is 1. The highest BCUT2D eigenvalue weighted by Crippen LogP contribution is 2.10. The van der Waals surface area contributed by atoms with E-state index in [0.29, 0.717) is 11.7 Å². The monoisotopic (exact) mass is 238 g/mol. The third-order valence-electron chi connectivity index (χ3n) is 2.22. The molecule has 0 aliphatic heterocycles. The van der Waals surface area contributed by atoms with Crippen LogP contribution < -0.4 is 5.32 Å². The first-order valence-electron chi connectivity index (χ1n) is 5.14. The van der Waals surface area contributed by atoms with Gasteiger partial charge in [-0.2, -0.15) is 4.98 Å². The lowest BCUT2D eigenvalue weighted by Crippen LogP contribution is -2.16. The van der Waals surface area contributed by atoms with Gasteiger partial charge in [-0.1, -0.05) is 5.16 Å². The van der Waals surface area contributed by atoms with Gasteiger partial charge in [0.25, 0.3) is 0 Å². The van der Waals surface area contributed by atoms with Gasteiger partial charge in [-0.25, -0.2) is 4.98 Å². The standard InChI is InChI=1S/C10H14N4OS/c1-7-9(16-6-12-7)5-11-4-3-10-13-8(2)14-15-10/h6,11H,3-5H2,1-2H3. The number of nitrogens with one attached hydrogen (secondary N) is 1. The zero-order chi connectivity index (χ0) is 11.4. The highest BCUT2D eigenvalue weighted by molar-refractivity contribution is 7.09. The van der Waals surface area contributed by atoms with Crippen LogP contribution in [0, 0.1) is 13.8 Å². The lowest BCUT2D eigenvalue weighted by Gasteiger charge is -2.00. The first-order valence-corrected chi connectivity index (χ1v) is 6.02. The Morgan fingerprint density at radius 1 is 1.44 bits per heavy atom. The van der Waals surface area contributed by atoms with Gasteiger partial charge in [0.15, 0.2) is 5.82 Å². The summed E-state index contributed by atoms with van der Waals surface area (Å²) in [4.78, 5) is 9.61. The van der Waals surface area contributed by atoms with E-state index in [2.05, 4.69) is 20.4 Å². The van der Waals surface area contributed by atoms with Crippen LogP contribution in [0.5, 0.6) is 0 Å². The van der Waals surface area contributed by atoms with Gasteiger partial charge in [-0.15, -0.1) is 11.3 Å². The normalized spacial score (nSPS) is 10.9. The summed E-state index contributed by atoms with van der Waals surface area (Å²) in [5.74, 6) is 1.37. The number of rotatable bonds is 5. The van der Waals surface area contributed by atoms with E-state index >= 15 is 0 Å². The molecular weight excluding hydrogens is 224 g/mol. The Balaban J connectivity index is 1.71. The molecule has 6 heteroatoms. The SMILES string of the molecule is Cc1noc(CCNCc2scnc2C)n1. The van der Waals surface area contributed by atoms with Crippen molar-refractivity contribution in [2.75, 3.05) is 6.54 Å². The van der Waals surface area contributed by atoms with Gasteiger partial charge in [0.05, 0.1) is 11.2 Å². The molecule has 0 spiro atoms. The maximum Gasteiger partial charge on any atom is 0.227 e. The minimum atomic E-state index is 0.686. The van der Waals surface area contributed by atoms with E-state index in [-0.39, 0.29) is 0 Å². The van der Waals surface area contributed by atoms with Crippen molar-refractivity contribution in [1.82, 2.24) is 20.4 Å². The molecule has 2 rings (SSSR count). The van der Waals surface area contributed by atoms with Gasteiger partial charge < -0.3 is 9.84 Å². The van der Waals surface area contributed by atoms with E-state index < -0.39 is 0 Å². The molecule has 0 unspecified atom stereocenters. The second kappa shape index (κ2) is 5.18. The minimum Gasteiger partial charge on any atom is -0.339 e. The summed E-state index contributed by atoms with van der Waals surface area (Å²) in [7, 11) is 0. The highest BCUT2D eigenvalue weighted by Gasteiger charge is 2.03. The van der Waals surface area contributed by atoms with Crippen LogP contribution in [0.2, 0.25) is 0 Å². The molecule has 0 aliphatic carbocycles. The topological polar surface area (TPSA) is 63.8 Å². The minimum absolute atomic E-state index is 0.686.